The van der Waals surface area contributed by atoms with E-state index in [4.69, 9.17) is 11.6 Å². The summed E-state index contributed by atoms with van der Waals surface area (Å²) >= 11 is 7.08. The standard InChI is InChI=1S/C16H11ClFN3O3S/c1-24-15(23)12-4-8(6-19-12)13-7-25-16(20-13)21-14(22)10-3-2-9(18)5-11(10)17/h2-7,19H,1H3,(H,20,21,22). The summed E-state index contributed by atoms with van der Waals surface area (Å²) in [5, 5.41) is 4.70. The van der Waals surface area contributed by atoms with Crippen molar-refractivity contribution in [3.63, 3.8) is 0 Å². The van der Waals surface area contributed by atoms with Gasteiger partial charge in [-0.25, -0.2) is 14.2 Å². The number of methoxy groups -OCH3 is 1. The zero-order valence-corrected chi connectivity index (χ0v) is 14.4. The molecular weight excluding hydrogens is 369 g/mol. The SMILES string of the molecule is COC(=O)c1cc(-c2csc(NC(=O)c3ccc(F)cc3Cl)n2)c[nH]1. The van der Waals surface area contributed by atoms with Crippen molar-refractivity contribution in [3.05, 3.63) is 57.9 Å². The van der Waals surface area contributed by atoms with Crippen molar-refractivity contribution in [1.29, 1.82) is 0 Å². The van der Waals surface area contributed by atoms with Crippen LogP contribution in [0.1, 0.15) is 20.8 Å². The van der Waals surface area contributed by atoms with Crippen LogP contribution in [0, 0.1) is 5.82 Å². The molecule has 1 amide bonds. The number of nitrogens with zero attached hydrogens (tertiary/aromatic N) is 1. The maximum atomic E-state index is 13.1. The number of hydrogen-bond acceptors (Lipinski definition) is 5. The fraction of sp³-hybridized carbons (Fsp3) is 0.0625. The Morgan fingerprint density at radius 2 is 2.16 bits per heavy atom. The summed E-state index contributed by atoms with van der Waals surface area (Å²) in [5.41, 5.74) is 1.71. The molecule has 0 fully saturated rings. The van der Waals surface area contributed by atoms with Crippen LogP contribution in [-0.4, -0.2) is 29.0 Å². The molecule has 25 heavy (non-hydrogen) atoms. The van der Waals surface area contributed by atoms with Crippen LogP contribution in [0.2, 0.25) is 5.02 Å². The first kappa shape index (κ1) is 17.1. The van der Waals surface area contributed by atoms with E-state index in [2.05, 4.69) is 20.0 Å². The Balaban J connectivity index is 1.76. The minimum absolute atomic E-state index is 0.0163. The van der Waals surface area contributed by atoms with E-state index in [0.29, 0.717) is 22.1 Å². The van der Waals surface area contributed by atoms with Gasteiger partial charge in [0, 0.05) is 17.1 Å². The fourth-order valence-electron chi connectivity index (χ4n) is 2.07. The van der Waals surface area contributed by atoms with Crippen LogP contribution in [0.3, 0.4) is 0 Å². The molecule has 2 aromatic heterocycles. The second-order valence-electron chi connectivity index (χ2n) is 4.91. The predicted molar refractivity (Wildman–Crippen MR) is 92.6 cm³/mol. The lowest BCUT2D eigenvalue weighted by Crippen LogP contribution is -2.12. The van der Waals surface area contributed by atoms with Gasteiger partial charge in [0.1, 0.15) is 11.5 Å². The number of nitrogens with one attached hydrogen (secondary N) is 2. The number of carbonyl (C=O) groups excluding carboxylic acids is 2. The highest BCUT2D eigenvalue weighted by atomic mass is 35.5. The maximum absolute atomic E-state index is 13.1. The van der Waals surface area contributed by atoms with Crippen molar-refractivity contribution >= 4 is 39.9 Å². The minimum atomic E-state index is -0.521. The number of aromatic nitrogens is 2. The number of thiazole rings is 1. The van der Waals surface area contributed by atoms with E-state index in [1.54, 1.807) is 17.6 Å². The number of aromatic amines is 1. The third-order valence-corrected chi connectivity index (χ3v) is 4.35. The second-order valence-corrected chi connectivity index (χ2v) is 6.18. The van der Waals surface area contributed by atoms with Gasteiger partial charge in [-0.1, -0.05) is 11.6 Å². The lowest BCUT2D eigenvalue weighted by molar-refractivity contribution is 0.0594. The van der Waals surface area contributed by atoms with E-state index in [9.17, 15) is 14.0 Å². The van der Waals surface area contributed by atoms with Gasteiger partial charge in [-0.15, -0.1) is 11.3 Å². The molecule has 1 aromatic carbocycles. The van der Waals surface area contributed by atoms with Crippen molar-refractivity contribution in [2.24, 2.45) is 0 Å². The molecule has 6 nitrogen and oxygen atoms in total. The Labute approximate surface area is 150 Å². The first-order valence-electron chi connectivity index (χ1n) is 6.97. The van der Waals surface area contributed by atoms with E-state index in [1.165, 1.54) is 24.5 Å². The molecule has 0 aliphatic carbocycles. The number of rotatable bonds is 4. The van der Waals surface area contributed by atoms with Crippen LogP contribution in [0.4, 0.5) is 9.52 Å². The van der Waals surface area contributed by atoms with Gasteiger partial charge in [0.2, 0.25) is 0 Å². The summed E-state index contributed by atoms with van der Waals surface area (Å²) in [7, 11) is 1.29. The van der Waals surface area contributed by atoms with Gasteiger partial charge < -0.3 is 9.72 Å². The van der Waals surface area contributed by atoms with E-state index < -0.39 is 17.7 Å². The first-order valence-corrected chi connectivity index (χ1v) is 8.22. The van der Waals surface area contributed by atoms with Crippen LogP contribution in [0.5, 0.6) is 0 Å². The maximum Gasteiger partial charge on any atom is 0.354 e. The zero-order chi connectivity index (χ0) is 18.0. The Morgan fingerprint density at radius 3 is 2.88 bits per heavy atom. The summed E-state index contributed by atoms with van der Waals surface area (Å²) in [4.78, 5) is 30.7. The van der Waals surface area contributed by atoms with E-state index >= 15 is 0 Å². The molecule has 9 heteroatoms. The van der Waals surface area contributed by atoms with E-state index in [1.807, 2.05) is 0 Å². The van der Waals surface area contributed by atoms with Gasteiger partial charge in [0.15, 0.2) is 5.13 Å². The summed E-state index contributed by atoms with van der Waals surface area (Å²) in [5.74, 6) is -1.50. The Morgan fingerprint density at radius 1 is 1.36 bits per heavy atom. The number of esters is 1. The van der Waals surface area contributed by atoms with Crippen LogP contribution < -0.4 is 5.32 Å². The van der Waals surface area contributed by atoms with Crippen LogP contribution >= 0.6 is 22.9 Å². The minimum Gasteiger partial charge on any atom is -0.464 e. The molecule has 0 bridgehead atoms. The number of hydrogen-bond donors (Lipinski definition) is 2. The largest absolute Gasteiger partial charge is 0.464 e. The highest BCUT2D eigenvalue weighted by Gasteiger charge is 2.15. The van der Waals surface area contributed by atoms with Gasteiger partial charge in [0.05, 0.1) is 23.4 Å². The quantitative estimate of drug-likeness (QED) is 0.672. The first-order chi connectivity index (χ1) is 12.0. The average molecular weight is 380 g/mol. The fourth-order valence-corrected chi connectivity index (χ4v) is 3.04. The number of carbonyl (C=O) groups is 2. The molecule has 3 aromatic rings. The number of anilines is 1. The molecule has 0 saturated heterocycles. The number of ether oxygens (including phenoxy) is 1. The van der Waals surface area contributed by atoms with Crippen molar-refractivity contribution < 1.29 is 18.7 Å². The summed E-state index contributed by atoms with van der Waals surface area (Å²) in [6.07, 6.45) is 1.61. The molecule has 0 saturated carbocycles. The number of H-pyrrole nitrogens is 1. The van der Waals surface area contributed by atoms with E-state index in [-0.39, 0.29) is 10.6 Å². The second kappa shape index (κ2) is 7.04. The smallest absolute Gasteiger partial charge is 0.354 e. The highest BCUT2D eigenvalue weighted by molar-refractivity contribution is 7.14. The van der Waals surface area contributed by atoms with E-state index in [0.717, 1.165) is 12.1 Å². The molecule has 3 rings (SSSR count). The van der Waals surface area contributed by atoms with Gasteiger partial charge in [-0.3, -0.25) is 10.1 Å². The Kier molecular flexibility index (Phi) is 4.82. The molecule has 128 valence electrons. The van der Waals surface area contributed by atoms with Crippen molar-refractivity contribution in [2.45, 2.75) is 0 Å². The van der Waals surface area contributed by atoms with Crippen LogP contribution in [-0.2, 0) is 4.74 Å². The summed E-state index contributed by atoms with van der Waals surface area (Å²) in [6, 6.07) is 5.12. The lowest BCUT2D eigenvalue weighted by atomic mass is 10.2. The summed E-state index contributed by atoms with van der Waals surface area (Å²) in [6.45, 7) is 0. The topological polar surface area (TPSA) is 84.1 Å². The van der Waals surface area contributed by atoms with Crippen LogP contribution in [0.25, 0.3) is 11.3 Å². The molecular formula is C16H11ClFN3O3S. The van der Waals surface area contributed by atoms with Gasteiger partial charge in [-0.05, 0) is 24.3 Å². The van der Waals surface area contributed by atoms with Gasteiger partial charge in [-0.2, -0.15) is 0 Å². The van der Waals surface area contributed by atoms with Crippen molar-refractivity contribution in [2.75, 3.05) is 12.4 Å². The Hall–Kier alpha value is -2.71. The lowest BCUT2D eigenvalue weighted by Gasteiger charge is -2.03. The molecule has 0 radical (unpaired) electrons. The third-order valence-electron chi connectivity index (χ3n) is 3.28. The number of amides is 1. The number of benzene rings is 1. The third kappa shape index (κ3) is 3.70. The average Bonchev–Trinajstić information content (AvgIpc) is 3.23. The monoisotopic (exact) mass is 379 g/mol. The normalized spacial score (nSPS) is 10.5. The molecule has 2 heterocycles. The molecule has 0 unspecified atom stereocenters. The predicted octanol–water partition coefficient (Wildman–Crippen LogP) is 3.97. The molecule has 0 spiro atoms. The highest BCUT2D eigenvalue weighted by Crippen LogP contribution is 2.26. The van der Waals surface area contributed by atoms with Crippen molar-refractivity contribution in [1.82, 2.24) is 9.97 Å². The summed E-state index contributed by atoms with van der Waals surface area (Å²) < 4.78 is 17.7. The molecule has 0 atom stereocenters. The number of halogens is 2. The Bertz CT molecular complexity index is 954. The van der Waals surface area contributed by atoms with Crippen LogP contribution in [0.15, 0.2) is 35.8 Å². The molecule has 2 N–H and O–H groups in total. The van der Waals surface area contributed by atoms with Crippen molar-refractivity contribution in [3.8, 4) is 11.3 Å². The zero-order valence-electron chi connectivity index (χ0n) is 12.8. The molecule has 0 aliphatic heterocycles. The van der Waals surface area contributed by atoms with Gasteiger partial charge in [0.25, 0.3) is 5.91 Å². The molecule has 0 aliphatic rings. The van der Waals surface area contributed by atoms with Gasteiger partial charge >= 0.3 is 5.97 Å².